The Labute approximate surface area is 119 Å². The number of halogens is 1. The molecule has 0 aliphatic heterocycles. The molecule has 3 N–H and O–H groups in total. The van der Waals surface area contributed by atoms with Gasteiger partial charge in [0.15, 0.2) is 0 Å². The highest BCUT2D eigenvalue weighted by Crippen LogP contribution is 2.38. The maximum atomic E-state index is 11.8. The monoisotopic (exact) mass is 287 g/mol. The molecule has 20 heavy (non-hydrogen) atoms. The van der Waals surface area contributed by atoms with E-state index >= 15 is 0 Å². The maximum absolute atomic E-state index is 11.8. The first kappa shape index (κ1) is 12.6. The Morgan fingerprint density at radius 1 is 1.55 bits per heavy atom. The number of carbonyl (C=O) groups excluding carboxylic acids is 1. The number of nitriles is 1. The second-order valence-corrected chi connectivity index (χ2v) is 5.08. The minimum absolute atomic E-state index is 0.176. The molecule has 1 fully saturated rings. The number of aromatic nitrogens is 2. The van der Waals surface area contributed by atoms with Gasteiger partial charge in [-0.25, -0.2) is 9.97 Å². The van der Waals surface area contributed by atoms with Crippen LogP contribution in [0.5, 0.6) is 0 Å². The predicted molar refractivity (Wildman–Crippen MR) is 74.8 cm³/mol. The summed E-state index contributed by atoms with van der Waals surface area (Å²) in [6.45, 7) is 0. The molecule has 1 aliphatic carbocycles. The first-order valence-electron chi connectivity index (χ1n) is 6.00. The molecular weight excluding hydrogens is 278 g/mol. The van der Waals surface area contributed by atoms with Crippen molar-refractivity contribution < 1.29 is 4.79 Å². The smallest absolute Gasteiger partial charge is 0.230 e. The highest BCUT2D eigenvalue weighted by molar-refractivity contribution is 6.30. The summed E-state index contributed by atoms with van der Waals surface area (Å²) in [6.07, 6.45) is 2.15. The molecule has 1 unspecified atom stereocenters. The maximum Gasteiger partial charge on any atom is 0.230 e. The average molecular weight is 288 g/mol. The number of hydrogen-bond acceptors (Lipinski definition) is 5. The number of nitrogens with zero attached hydrogens (tertiary/aromatic N) is 3. The number of hydrogen-bond donors (Lipinski definition) is 2. The largest absolute Gasteiger partial charge is 0.383 e. The van der Waals surface area contributed by atoms with E-state index in [0.717, 1.165) is 5.39 Å². The average Bonchev–Trinajstić information content (AvgIpc) is 3.17. The van der Waals surface area contributed by atoms with Crippen molar-refractivity contribution in [2.24, 2.45) is 11.8 Å². The molecule has 2 atom stereocenters. The van der Waals surface area contributed by atoms with Gasteiger partial charge < -0.3 is 11.1 Å². The van der Waals surface area contributed by atoms with Crippen molar-refractivity contribution in [1.29, 1.82) is 5.26 Å². The van der Waals surface area contributed by atoms with Crippen LogP contribution in [-0.4, -0.2) is 15.9 Å². The molecule has 6 nitrogen and oxygen atoms in total. The molecule has 1 amide bonds. The van der Waals surface area contributed by atoms with Gasteiger partial charge in [-0.2, -0.15) is 5.26 Å². The fourth-order valence-electron chi connectivity index (χ4n) is 2.05. The Balaban J connectivity index is 1.86. The number of rotatable bonds is 2. The second kappa shape index (κ2) is 4.62. The molecule has 0 spiro atoms. The van der Waals surface area contributed by atoms with E-state index in [9.17, 15) is 4.79 Å². The third-order valence-corrected chi connectivity index (χ3v) is 3.45. The first-order chi connectivity index (χ1) is 9.58. The molecule has 100 valence electrons. The normalized spacial score (nSPS) is 20.4. The van der Waals surface area contributed by atoms with E-state index in [-0.39, 0.29) is 22.9 Å². The Morgan fingerprint density at radius 3 is 3.05 bits per heavy atom. The topological polar surface area (TPSA) is 105 Å². The SMILES string of the molecule is N#CC1C[C@@H]1C(=O)Nc1cc2cc(Cl)nc(N)c2cn1. The van der Waals surface area contributed by atoms with E-state index in [1.165, 1.54) is 6.20 Å². The summed E-state index contributed by atoms with van der Waals surface area (Å²) >= 11 is 5.85. The van der Waals surface area contributed by atoms with Crippen LogP contribution in [0.1, 0.15) is 6.42 Å². The number of anilines is 2. The van der Waals surface area contributed by atoms with Crippen LogP contribution in [0.4, 0.5) is 11.6 Å². The number of pyridine rings is 2. The van der Waals surface area contributed by atoms with Gasteiger partial charge in [0.25, 0.3) is 0 Å². The van der Waals surface area contributed by atoms with E-state index in [1.807, 2.05) is 0 Å². The van der Waals surface area contributed by atoms with Crippen molar-refractivity contribution in [3.63, 3.8) is 0 Å². The lowest BCUT2D eigenvalue weighted by Gasteiger charge is -2.06. The van der Waals surface area contributed by atoms with Gasteiger partial charge in [-0.3, -0.25) is 4.79 Å². The Hall–Kier alpha value is -2.39. The lowest BCUT2D eigenvalue weighted by molar-refractivity contribution is -0.117. The minimum Gasteiger partial charge on any atom is -0.383 e. The lowest BCUT2D eigenvalue weighted by Crippen LogP contribution is -2.15. The number of nitrogen functional groups attached to an aromatic ring is 1. The van der Waals surface area contributed by atoms with Crippen LogP contribution in [0.15, 0.2) is 18.3 Å². The van der Waals surface area contributed by atoms with Crippen molar-refractivity contribution in [3.8, 4) is 6.07 Å². The number of carbonyl (C=O) groups is 1. The third kappa shape index (κ3) is 2.24. The zero-order chi connectivity index (χ0) is 14.3. The Kier molecular flexibility index (Phi) is 2.92. The highest BCUT2D eigenvalue weighted by atomic mass is 35.5. The fourth-order valence-corrected chi connectivity index (χ4v) is 2.26. The quantitative estimate of drug-likeness (QED) is 0.822. The van der Waals surface area contributed by atoms with Crippen molar-refractivity contribution in [2.45, 2.75) is 6.42 Å². The van der Waals surface area contributed by atoms with Gasteiger partial charge >= 0.3 is 0 Å². The summed E-state index contributed by atoms with van der Waals surface area (Å²) in [5, 5.41) is 13.1. The lowest BCUT2D eigenvalue weighted by atomic mass is 10.2. The van der Waals surface area contributed by atoms with Crippen LogP contribution in [-0.2, 0) is 4.79 Å². The van der Waals surface area contributed by atoms with Gasteiger partial charge in [0.2, 0.25) is 5.91 Å². The minimum atomic E-state index is -0.233. The summed E-state index contributed by atoms with van der Waals surface area (Å²) in [6, 6.07) is 5.41. The molecule has 2 heterocycles. The van der Waals surface area contributed by atoms with Crippen molar-refractivity contribution in [1.82, 2.24) is 9.97 Å². The van der Waals surface area contributed by atoms with Crippen molar-refractivity contribution in [3.05, 3.63) is 23.5 Å². The molecule has 0 saturated heterocycles. The van der Waals surface area contributed by atoms with E-state index in [0.29, 0.717) is 23.4 Å². The van der Waals surface area contributed by atoms with Crippen LogP contribution in [0.3, 0.4) is 0 Å². The van der Waals surface area contributed by atoms with Crippen LogP contribution in [0.25, 0.3) is 10.8 Å². The Bertz CT molecular complexity index is 754. The van der Waals surface area contributed by atoms with Gasteiger partial charge in [0.1, 0.15) is 16.8 Å². The van der Waals surface area contributed by atoms with Gasteiger partial charge in [-0.15, -0.1) is 0 Å². The van der Waals surface area contributed by atoms with Gasteiger partial charge in [0, 0.05) is 11.6 Å². The van der Waals surface area contributed by atoms with Crippen molar-refractivity contribution >= 4 is 39.9 Å². The van der Waals surface area contributed by atoms with Crippen LogP contribution in [0, 0.1) is 23.2 Å². The van der Waals surface area contributed by atoms with E-state index in [2.05, 4.69) is 21.4 Å². The van der Waals surface area contributed by atoms with E-state index in [1.54, 1.807) is 12.1 Å². The molecule has 3 rings (SSSR count). The van der Waals surface area contributed by atoms with Gasteiger partial charge in [-0.1, -0.05) is 11.6 Å². The summed E-state index contributed by atoms with van der Waals surface area (Å²) in [7, 11) is 0. The van der Waals surface area contributed by atoms with Crippen LogP contribution in [0.2, 0.25) is 5.15 Å². The first-order valence-corrected chi connectivity index (χ1v) is 6.38. The molecule has 2 aromatic heterocycles. The van der Waals surface area contributed by atoms with Crippen LogP contribution < -0.4 is 11.1 Å². The Morgan fingerprint density at radius 2 is 2.35 bits per heavy atom. The van der Waals surface area contributed by atoms with E-state index < -0.39 is 0 Å². The highest BCUT2D eigenvalue weighted by Gasteiger charge is 2.43. The molecule has 0 aromatic carbocycles. The summed E-state index contributed by atoms with van der Waals surface area (Å²) in [5.74, 6) is 0.113. The zero-order valence-corrected chi connectivity index (χ0v) is 11.1. The molecule has 7 heteroatoms. The number of amides is 1. The fraction of sp³-hybridized carbons (Fsp3) is 0.231. The zero-order valence-electron chi connectivity index (χ0n) is 10.3. The molecule has 0 bridgehead atoms. The summed E-state index contributed by atoms with van der Waals surface area (Å²) < 4.78 is 0. The van der Waals surface area contributed by atoms with Crippen molar-refractivity contribution in [2.75, 3.05) is 11.1 Å². The molecule has 1 saturated carbocycles. The van der Waals surface area contributed by atoms with Crippen LogP contribution >= 0.6 is 11.6 Å². The molecule has 0 radical (unpaired) electrons. The molecular formula is C13H10ClN5O. The molecule has 1 aliphatic rings. The number of nitrogens with two attached hydrogens (primary N) is 1. The van der Waals surface area contributed by atoms with E-state index in [4.69, 9.17) is 22.6 Å². The number of nitrogens with one attached hydrogen (secondary N) is 1. The standard InChI is InChI=1S/C13H10ClN5O/c14-10-2-6-3-11(17-5-9(6)12(16)18-10)19-13(20)8-1-7(8)4-15/h2-3,5,7-8H,1H2,(H2,16,18)(H,17,19,20)/t7?,8-/m0/s1. The van der Waals surface area contributed by atoms with Gasteiger partial charge in [0.05, 0.1) is 17.9 Å². The number of fused-ring (bicyclic) bond motifs is 1. The second-order valence-electron chi connectivity index (χ2n) is 4.69. The van der Waals surface area contributed by atoms with Gasteiger partial charge in [-0.05, 0) is 23.9 Å². The molecule has 2 aromatic rings. The predicted octanol–water partition coefficient (Wildman–Crippen LogP) is 1.96. The third-order valence-electron chi connectivity index (χ3n) is 3.26. The summed E-state index contributed by atoms with van der Waals surface area (Å²) in [5.41, 5.74) is 5.74. The summed E-state index contributed by atoms with van der Waals surface area (Å²) in [4.78, 5) is 19.9.